The molecule has 3 heteroatoms. The van der Waals surface area contributed by atoms with Gasteiger partial charge in [0, 0.05) is 18.6 Å². The number of nitrogens with two attached hydrogens (primary N) is 1. The largest absolute Gasteiger partial charge is 0.378 e. The zero-order chi connectivity index (χ0) is 13.8. The summed E-state index contributed by atoms with van der Waals surface area (Å²) >= 11 is 0. The van der Waals surface area contributed by atoms with Crippen molar-refractivity contribution in [1.82, 2.24) is 5.43 Å². The van der Waals surface area contributed by atoms with Crippen LogP contribution in [0.1, 0.15) is 36.5 Å². The highest BCUT2D eigenvalue weighted by molar-refractivity contribution is 5.29. The van der Waals surface area contributed by atoms with Crippen LogP contribution in [-0.4, -0.2) is 18.8 Å². The van der Waals surface area contributed by atoms with Gasteiger partial charge in [-0.15, -0.1) is 0 Å². The summed E-state index contributed by atoms with van der Waals surface area (Å²) in [5.74, 6) is 6.31. The summed E-state index contributed by atoms with van der Waals surface area (Å²) < 4.78 is 5.79. The number of rotatable bonds is 5. The SMILES string of the molecule is CCC1OCCC1C(Cc1cc(C)cc(C)c1)NN. The van der Waals surface area contributed by atoms with Crippen LogP contribution in [0, 0.1) is 19.8 Å². The molecule has 3 N–H and O–H groups in total. The minimum atomic E-state index is 0.300. The third-order valence-corrected chi connectivity index (χ3v) is 4.13. The molecule has 1 aliphatic rings. The molecule has 3 unspecified atom stereocenters. The van der Waals surface area contributed by atoms with Gasteiger partial charge in [-0.05, 0) is 38.7 Å². The molecule has 2 rings (SSSR count). The Balaban J connectivity index is 2.10. The van der Waals surface area contributed by atoms with E-state index in [-0.39, 0.29) is 0 Å². The van der Waals surface area contributed by atoms with Crippen molar-refractivity contribution in [3.8, 4) is 0 Å². The van der Waals surface area contributed by atoms with Gasteiger partial charge in [0.25, 0.3) is 0 Å². The molecule has 3 atom stereocenters. The van der Waals surface area contributed by atoms with E-state index >= 15 is 0 Å². The summed E-state index contributed by atoms with van der Waals surface area (Å²) in [4.78, 5) is 0. The number of hydrogen-bond donors (Lipinski definition) is 2. The van der Waals surface area contributed by atoms with E-state index in [4.69, 9.17) is 10.6 Å². The van der Waals surface area contributed by atoms with Crippen LogP contribution in [-0.2, 0) is 11.2 Å². The van der Waals surface area contributed by atoms with E-state index in [0.717, 1.165) is 25.9 Å². The van der Waals surface area contributed by atoms with Crippen molar-refractivity contribution < 1.29 is 4.74 Å². The second kappa shape index (κ2) is 6.51. The minimum Gasteiger partial charge on any atom is -0.378 e. The fourth-order valence-corrected chi connectivity index (χ4v) is 3.32. The molecule has 0 saturated carbocycles. The van der Waals surface area contributed by atoms with Crippen molar-refractivity contribution in [2.75, 3.05) is 6.61 Å². The fourth-order valence-electron chi connectivity index (χ4n) is 3.32. The van der Waals surface area contributed by atoms with E-state index in [2.05, 4.69) is 44.4 Å². The predicted octanol–water partition coefficient (Wildman–Crippen LogP) is 2.49. The molecule has 0 radical (unpaired) electrons. The van der Waals surface area contributed by atoms with Crippen LogP contribution in [0.5, 0.6) is 0 Å². The van der Waals surface area contributed by atoms with E-state index in [0.29, 0.717) is 18.1 Å². The van der Waals surface area contributed by atoms with Crippen molar-refractivity contribution in [2.24, 2.45) is 11.8 Å². The Bertz CT molecular complexity index is 399. The van der Waals surface area contributed by atoms with Gasteiger partial charge in [0.1, 0.15) is 0 Å². The van der Waals surface area contributed by atoms with Gasteiger partial charge < -0.3 is 4.74 Å². The number of hydrogen-bond acceptors (Lipinski definition) is 3. The Labute approximate surface area is 116 Å². The highest BCUT2D eigenvalue weighted by Gasteiger charge is 2.33. The standard InChI is InChI=1S/C16H26N2O/c1-4-16-14(5-6-19-16)15(18-17)10-13-8-11(2)7-12(3)9-13/h7-9,14-16,18H,4-6,10,17H2,1-3H3. The molecule has 0 amide bonds. The molecule has 1 aromatic rings. The minimum absolute atomic E-state index is 0.300. The van der Waals surface area contributed by atoms with Gasteiger partial charge in [-0.3, -0.25) is 11.3 Å². The number of benzene rings is 1. The Kier molecular flexibility index (Phi) is 4.97. The molecule has 1 heterocycles. The predicted molar refractivity (Wildman–Crippen MR) is 78.9 cm³/mol. The molecule has 106 valence electrons. The molecule has 1 saturated heterocycles. The maximum absolute atomic E-state index is 5.79. The van der Waals surface area contributed by atoms with Gasteiger partial charge >= 0.3 is 0 Å². The molecule has 1 fully saturated rings. The third-order valence-electron chi connectivity index (χ3n) is 4.13. The molecule has 0 aromatic heterocycles. The van der Waals surface area contributed by atoms with E-state index in [1.807, 2.05) is 0 Å². The molecule has 0 spiro atoms. The number of aryl methyl sites for hydroxylation is 2. The quantitative estimate of drug-likeness (QED) is 0.633. The first-order valence-corrected chi connectivity index (χ1v) is 7.29. The first-order chi connectivity index (χ1) is 9.13. The number of hydrazine groups is 1. The van der Waals surface area contributed by atoms with Gasteiger partial charge in [-0.1, -0.05) is 36.2 Å². The Hall–Kier alpha value is -0.900. The van der Waals surface area contributed by atoms with Gasteiger partial charge in [0.05, 0.1) is 6.10 Å². The highest BCUT2D eigenvalue weighted by atomic mass is 16.5. The van der Waals surface area contributed by atoms with Crippen molar-refractivity contribution in [2.45, 2.75) is 52.2 Å². The second-order valence-electron chi connectivity index (χ2n) is 5.74. The lowest BCUT2D eigenvalue weighted by atomic mass is 9.87. The van der Waals surface area contributed by atoms with Crippen LogP contribution in [0.4, 0.5) is 0 Å². The Morgan fingerprint density at radius 1 is 1.32 bits per heavy atom. The molecular weight excluding hydrogens is 236 g/mol. The van der Waals surface area contributed by atoms with E-state index in [1.165, 1.54) is 16.7 Å². The van der Waals surface area contributed by atoms with Crippen LogP contribution in [0.15, 0.2) is 18.2 Å². The van der Waals surface area contributed by atoms with Crippen LogP contribution in [0.2, 0.25) is 0 Å². The first kappa shape index (κ1) is 14.5. The van der Waals surface area contributed by atoms with Crippen molar-refractivity contribution >= 4 is 0 Å². The number of nitrogens with one attached hydrogen (secondary N) is 1. The monoisotopic (exact) mass is 262 g/mol. The topological polar surface area (TPSA) is 47.3 Å². The summed E-state index contributed by atoms with van der Waals surface area (Å²) in [7, 11) is 0. The summed E-state index contributed by atoms with van der Waals surface area (Å²) in [5.41, 5.74) is 7.02. The molecule has 0 bridgehead atoms. The summed E-state index contributed by atoms with van der Waals surface area (Å²) in [6, 6.07) is 7.03. The lowest BCUT2D eigenvalue weighted by molar-refractivity contribution is 0.0775. The van der Waals surface area contributed by atoms with Crippen molar-refractivity contribution in [3.05, 3.63) is 34.9 Å². The molecule has 3 nitrogen and oxygen atoms in total. The van der Waals surface area contributed by atoms with Crippen LogP contribution < -0.4 is 11.3 Å². The molecule has 1 aliphatic heterocycles. The number of ether oxygens (including phenoxy) is 1. The molecule has 1 aromatic carbocycles. The molecular formula is C16H26N2O. The maximum atomic E-state index is 5.79. The normalized spacial score (nSPS) is 24.6. The van der Waals surface area contributed by atoms with Crippen LogP contribution in [0.3, 0.4) is 0 Å². The zero-order valence-corrected chi connectivity index (χ0v) is 12.3. The lowest BCUT2D eigenvalue weighted by Crippen LogP contribution is -2.45. The highest BCUT2D eigenvalue weighted by Crippen LogP contribution is 2.28. The summed E-state index contributed by atoms with van der Waals surface area (Å²) in [6.45, 7) is 7.35. The van der Waals surface area contributed by atoms with Crippen molar-refractivity contribution in [3.63, 3.8) is 0 Å². The average Bonchev–Trinajstić information content (AvgIpc) is 2.82. The smallest absolute Gasteiger partial charge is 0.0617 e. The van der Waals surface area contributed by atoms with E-state index < -0.39 is 0 Å². The Morgan fingerprint density at radius 3 is 2.58 bits per heavy atom. The van der Waals surface area contributed by atoms with E-state index in [1.54, 1.807) is 0 Å². The molecule has 19 heavy (non-hydrogen) atoms. The maximum Gasteiger partial charge on any atom is 0.0617 e. The third kappa shape index (κ3) is 3.56. The average molecular weight is 262 g/mol. The van der Waals surface area contributed by atoms with Crippen LogP contribution >= 0.6 is 0 Å². The fraction of sp³-hybridized carbons (Fsp3) is 0.625. The zero-order valence-electron chi connectivity index (χ0n) is 12.3. The summed E-state index contributed by atoms with van der Waals surface area (Å²) in [5, 5.41) is 0. The van der Waals surface area contributed by atoms with Crippen LogP contribution in [0.25, 0.3) is 0 Å². The van der Waals surface area contributed by atoms with Crippen molar-refractivity contribution in [1.29, 1.82) is 0 Å². The molecule has 0 aliphatic carbocycles. The summed E-state index contributed by atoms with van der Waals surface area (Å²) in [6.07, 6.45) is 3.50. The first-order valence-electron chi connectivity index (χ1n) is 7.29. The van der Waals surface area contributed by atoms with E-state index in [9.17, 15) is 0 Å². The second-order valence-corrected chi connectivity index (χ2v) is 5.74. The van der Waals surface area contributed by atoms with Gasteiger partial charge in [-0.25, -0.2) is 0 Å². The van der Waals surface area contributed by atoms with Gasteiger partial charge in [-0.2, -0.15) is 0 Å². The Morgan fingerprint density at radius 2 is 2.00 bits per heavy atom. The lowest BCUT2D eigenvalue weighted by Gasteiger charge is -2.26. The van der Waals surface area contributed by atoms with Gasteiger partial charge in [0.2, 0.25) is 0 Å². The van der Waals surface area contributed by atoms with Gasteiger partial charge in [0.15, 0.2) is 0 Å².